The predicted molar refractivity (Wildman–Crippen MR) is 80.0 cm³/mol. The van der Waals surface area contributed by atoms with Gasteiger partial charge in [-0.1, -0.05) is 13.3 Å². The molecule has 20 heavy (non-hydrogen) atoms. The molecule has 0 radical (unpaired) electrons. The molecular weight excluding hydrogens is 280 g/mol. The van der Waals surface area contributed by atoms with Crippen LogP contribution in [-0.4, -0.2) is 39.3 Å². The van der Waals surface area contributed by atoms with Crippen molar-refractivity contribution in [1.29, 1.82) is 0 Å². The lowest BCUT2D eigenvalue weighted by atomic mass is 10.1. The highest BCUT2D eigenvalue weighted by Crippen LogP contribution is 2.27. The first kappa shape index (κ1) is 16.3. The molecular formula is C13H20N2O4S. The number of nitrogens with one attached hydrogen (secondary N) is 1. The second-order valence-corrected chi connectivity index (χ2v) is 6.43. The molecule has 1 aromatic carbocycles. The standard InChI is InChI=1S/C13H20N2O4S/c1-4-5-8-15(2)12-7-6-10(13(16)17)9-11(12)14-20(3,18)19/h6-7,9,14H,4-5,8H2,1-3H3,(H,16,17). The number of hydrogen-bond donors (Lipinski definition) is 2. The van der Waals surface area contributed by atoms with Crippen LogP contribution in [0.1, 0.15) is 30.1 Å². The van der Waals surface area contributed by atoms with Gasteiger partial charge in [-0.3, -0.25) is 4.72 Å². The number of anilines is 2. The molecule has 0 aromatic heterocycles. The molecule has 0 heterocycles. The van der Waals surface area contributed by atoms with E-state index >= 15 is 0 Å². The molecule has 0 saturated carbocycles. The van der Waals surface area contributed by atoms with Gasteiger partial charge in [-0.2, -0.15) is 0 Å². The normalized spacial score (nSPS) is 11.2. The molecule has 6 nitrogen and oxygen atoms in total. The molecule has 0 unspecified atom stereocenters. The van der Waals surface area contributed by atoms with Gasteiger partial charge in [-0.25, -0.2) is 13.2 Å². The van der Waals surface area contributed by atoms with Crippen LogP contribution >= 0.6 is 0 Å². The van der Waals surface area contributed by atoms with E-state index in [1.165, 1.54) is 12.1 Å². The fourth-order valence-corrected chi connectivity index (χ4v) is 2.36. The van der Waals surface area contributed by atoms with Crippen molar-refractivity contribution in [3.63, 3.8) is 0 Å². The minimum Gasteiger partial charge on any atom is -0.478 e. The van der Waals surface area contributed by atoms with Gasteiger partial charge in [-0.05, 0) is 24.6 Å². The molecule has 0 spiro atoms. The summed E-state index contributed by atoms with van der Waals surface area (Å²) in [6.07, 6.45) is 3.03. The van der Waals surface area contributed by atoms with Crippen LogP contribution in [0.4, 0.5) is 11.4 Å². The van der Waals surface area contributed by atoms with E-state index in [9.17, 15) is 13.2 Å². The first-order chi connectivity index (χ1) is 9.24. The fraction of sp³-hybridized carbons (Fsp3) is 0.462. The SMILES string of the molecule is CCCCN(C)c1ccc(C(=O)O)cc1NS(C)(=O)=O. The molecule has 0 amide bonds. The second-order valence-electron chi connectivity index (χ2n) is 4.69. The van der Waals surface area contributed by atoms with Gasteiger partial charge in [0.1, 0.15) is 0 Å². The fourth-order valence-electron chi connectivity index (χ4n) is 1.80. The summed E-state index contributed by atoms with van der Waals surface area (Å²) in [5.74, 6) is -1.09. The Bertz CT molecular complexity index is 584. The Morgan fingerprint density at radius 2 is 2.05 bits per heavy atom. The monoisotopic (exact) mass is 300 g/mol. The predicted octanol–water partition coefficient (Wildman–Crippen LogP) is 1.99. The smallest absolute Gasteiger partial charge is 0.335 e. The van der Waals surface area contributed by atoms with Gasteiger partial charge in [0.15, 0.2) is 0 Å². The maximum Gasteiger partial charge on any atom is 0.335 e. The zero-order valence-corrected chi connectivity index (χ0v) is 12.7. The second kappa shape index (κ2) is 6.60. The van der Waals surface area contributed by atoms with Crippen molar-refractivity contribution in [3.05, 3.63) is 23.8 Å². The van der Waals surface area contributed by atoms with Crippen LogP contribution < -0.4 is 9.62 Å². The summed E-state index contributed by atoms with van der Waals surface area (Å²) in [4.78, 5) is 12.9. The number of carbonyl (C=O) groups is 1. The molecule has 112 valence electrons. The number of carboxylic acids is 1. The zero-order chi connectivity index (χ0) is 15.3. The van der Waals surface area contributed by atoms with Crippen molar-refractivity contribution in [2.24, 2.45) is 0 Å². The van der Waals surface area contributed by atoms with Gasteiger partial charge in [-0.15, -0.1) is 0 Å². The van der Waals surface area contributed by atoms with Gasteiger partial charge in [0.2, 0.25) is 10.0 Å². The maximum absolute atomic E-state index is 11.4. The molecule has 0 bridgehead atoms. The van der Waals surface area contributed by atoms with E-state index in [0.717, 1.165) is 25.6 Å². The van der Waals surface area contributed by atoms with E-state index in [2.05, 4.69) is 11.6 Å². The van der Waals surface area contributed by atoms with Gasteiger partial charge in [0.05, 0.1) is 23.2 Å². The highest BCUT2D eigenvalue weighted by molar-refractivity contribution is 7.92. The van der Waals surface area contributed by atoms with Crippen LogP contribution in [0, 0.1) is 0 Å². The summed E-state index contributed by atoms with van der Waals surface area (Å²) >= 11 is 0. The van der Waals surface area contributed by atoms with E-state index in [-0.39, 0.29) is 11.3 Å². The third kappa shape index (κ3) is 4.73. The number of nitrogens with zero attached hydrogens (tertiary/aromatic N) is 1. The highest BCUT2D eigenvalue weighted by atomic mass is 32.2. The summed E-state index contributed by atoms with van der Waals surface area (Å²) in [5, 5.41) is 8.99. The largest absolute Gasteiger partial charge is 0.478 e. The van der Waals surface area contributed by atoms with Gasteiger partial charge < -0.3 is 10.0 Å². The van der Waals surface area contributed by atoms with E-state index in [4.69, 9.17) is 5.11 Å². The summed E-state index contributed by atoms with van der Waals surface area (Å²) in [6, 6.07) is 4.42. The summed E-state index contributed by atoms with van der Waals surface area (Å²) in [6.45, 7) is 2.83. The van der Waals surface area contributed by atoms with E-state index in [1.807, 2.05) is 11.9 Å². The van der Waals surface area contributed by atoms with Crippen molar-refractivity contribution in [2.75, 3.05) is 29.5 Å². The lowest BCUT2D eigenvalue weighted by Gasteiger charge is -2.22. The molecule has 0 fully saturated rings. The minimum atomic E-state index is -3.47. The molecule has 7 heteroatoms. The molecule has 0 aliphatic rings. The van der Waals surface area contributed by atoms with E-state index in [0.29, 0.717) is 5.69 Å². The van der Waals surface area contributed by atoms with Crippen LogP contribution in [0.25, 0.3) is 0 Å². The van der Waals surface area contributed by atoms with Crippen molar-refractivity contribution in [2.45, 2.75) is 19.8 Å². The summed E-state index contributed by atoms with van der Waals surface area (Å²) in [7, 11) is -1.62. The lowest BCUT2D eigenvalue weighted by molar-refractivity contribution is 0.0697. The number of sulfonamides is 1. The number of aromatic carboxylic acids is 1. The molecule has 2 N–H and O–H groups in total. The third-order valence-electron chi connectivity index (χ3n) is 2.80. The van der Waals surface area contributed by atoms with Crippen molar-refractivity contribution < 1.29 is 18.3 Å². The average molecular weight is 300 g/mol. The first-order valence-electron chi connectivity index (χ1n) is 6.31. The molecule has 0 aliphatic heterocycles. The Balaban J connectivity index is 3.18. The van der Waals surface area contributed by atoms with Crippen LogP contribution in [0.2, 0.25) is 0 Å². The van der Waals surface area contributed by atoms with Gasteiger partial charge in [0.25, 0.3) is 0 Å². The van der Waals surface area contributed by atoms with Crippen molar-refractivity contribution in [1.82, 2.24) is 0 Å². The molecule has 1 aromatic rings. The quantitative estimate of drug-likeness (QED) is 0.804. The minimum absolute atomic E-state index is 0.0452. The first-order valence-corrected chi connectivity index (χ1v) is 8.20. The van der Waals surface area contributed by atoms with Gasteiger partial charge in [0, 0.05) is 13.6 Å². The van der Waals surface area contributed by atoms with E-state index < -0.39 is 16.0 Å². The average Bonchev–Trinajstić information content (AvgIpc) is 2.33. The topological polar surface area (TPSA) is 86.7 Å². The summed E-state index contributed by atoms with van der Waals surface area (Å²) in [5.41, 5.74) is 0.990. The highest BCUT2D eigenvalue weighted by Gasteiger charge is 2.14. The number of hydrogen-bond acceptors (Lipinski definition) is 4. The molecule has 0 saturated heterocycles. The summed E-state index contributed by atoms with van der Waals surface area (Å²) < 4.78 is 25.2. The molecule has 1 rings (SSSR count). The molecule has 0 atom stereocenters. The Morgan fingerprint density at radius 1 is 1.40 bits per heavy atom. The Labute approximate surface area is 119 Å². The number of rotatable bonds is 7. The number of carboxylic acid groups (broad SMARTS) is 1. The zero-order valence-electron chi connectivity index (χ0n) is 11.9. The number of unbranched alkanes of at least 4 members (excludes halogenated alkanes) is 1. The van der Waals surface area contributed by atoms with Gasteiger partial charge >= 0.3 is 5.97 Å². The molecule has 0 aliphatic carbocycles. The number of benzene rings is 1. The van der Waals surface area contributed by atoms with Crippen LogP contribution in [0.15, 0.2) is 18.2 Å². The Morgan fingerprint density at radius 3 is 2.55 bits per heavy atom. The Hall–Kier alpha value is -1.76. The third-order valence-corrected chi connectivity index (χ3v) is 3.39. The van der Waals surface area contributed by atoms with Crippen molar-refractivity contribution >= 4 is 27.4 Å². The van der Waals surface area contributed by atoms with Crippen LogP contribution in [-0.2, 0) is 10.0 Å². The van der Waals surface area contributed by atoms with Crippen LogP contribution in [0.3, 0.4) is 0 Å². The Kier molecular flexibility index (Phi) is 5.38. The maximum atomic E-state index is 11.4. The van der Waals surface area contributed by atoms with E-state index in [1.54, 1.807) is 6.07 Å². The lowest BCUT2D eigenvalue weighted by Crippen LogP contribution is -2.21. The van der Waals surface area contributed by atoms with Crippen molar-refractivity contribution in [3.8, 4) is 0 Å². The van der Waals surface area contributed by atoms with Crippen LogP contribution in [0.5, 0.6) is 0 Å².